The number of nitriles is 1. The monoisotopic (exact) mass is 665 g/mol. The molecule has 5 rings (SSSR count). The Morgan fingerprint density at radius 1 is 1.17 bits per heavy atom. The van der Waals surface area contributed by atoms with Gasteiger partial charge in [-0.05, 0) is 68.2 Å². The highest BCUT2D eigenvalue weighted by molar-refractivity contribution is 7.28. The molecule has 248 valence electrons. The van der Waals surface area contributed by atoms with Crippen molar-refractivity contribution in [3.8, 4) is 6.07 Å². The Bertz CT molecular complexity index is 1640. The summed E-state index contributed by atoms with van der Waals surface area (Å²) in [5, 5.41) is 21.5. The molecule has 4 heterocycles. The topological polar surface area (TPSA) is 108 Å². The zero-order valence-corrected chi connectivity index (χ0v) is 30.0. The van der Waals surface area contributed by atoms with Crippen molar-refractivity contribution < 1.29 is 14.2 Å². The predicted octanol–water partition coefficient (Wildman–Crippen LogP) is 8.57. The molecule has 1 fully saturated rings. The summed E-state index contributed by atoms with van der Waals surface area (Å²) in [7, 11) is 2.87. The Morgan fingerprint density at radius 2 is 1.89 bits per heavy atom. The number of hydrogen-bond donors (Lipinski definition) is 2. The molecule has 1 aromatic carbocycles. The molecule has 10 heteroatoms. The summed E-state index contributed by atoms with van der Waals surface area (Å²) in [4.78, 5) is 12.3. The number of allylic oxidation sites excluding steroid dienone is 2. The van der Waals surface area contributed by atoms with E-state index in [4.69, 9.17) is 20.4 Å². The number of aromatic nitrogens is 2. The molecule has 0 spiro atoms. The number of aliphatic hydroxyl groups is 1. The summed E-state index contributed by atoms with van der Waals surface area (Å²) in [5.41, 5.74) is 12.9. The number of nitrogens with zero attached hydrogens (tertiary/aromatic N) is 4. The number of anilines is 2. The summed E-state index contributed by atoms with van der Waals surface area (Å²) < 4.78 is 21.1. The second kappa shape index (κ2) is 16.8. The molecule has 2 aromatic heterocycles. The molecule has 1 unspecified atom stereocenters. The molecular weight excluding hydrogens is 616 g/mol. The van der Waals surface area contributed by atoms with Crippen LogP contribution in [0.5, 0.6) is 0 Å². The van der Waals surface area contributed by atoms with Gasteiger partial charge in [-0.3, -0.25) is 0 Å². The molecule has 2 aliphatic rings. The molecule has 46 heavy (non-hydrogen) atoms. The van der Waals surface area contributed by atoms with Crippen molar-refractivity contribution in [2.45, 2.75) is 112 Å². The molecular formula is C36H49FN5O2PS. The number of halogens is 1. The molecule has 2 aliphatic heterocycles. The van der Waals surface area contributed by atoms with Crippen molar-refractivity contribution in [3.05, 3.63) is 50.5 Å². The van der Waals surface area contributed by atoms with E-state index in [2.05, 4.69) is 41.0 Å². The Balaban J connectivity index is 0.000000416. The van der Waals surface area contributed by atoms with E-state index < -0.39 is 0 Å². The molecule has 0 bridgehead atoms. The smallest absolute Gasteiger partial charge is 0.225 e. The van der Waals surface area contributed by atoms with Crippen LogP contribution in [-0.4, -0.2) is 34.3 Å². The van der Waals surface area contributed by atoms with Crippen LogP contribution in [0.1, 0.15) is 125 Å². The minimum Gasteiger partial charge on any atom is -0.393 e. The second-order valence-electron chi connectivity index (χ2n) is 12.1. The number of fused-ring (bicyclic) bond motifs is 3. The third kappa shape index (κ3) is 7.63. The van der Waals surface area contributed by atoms with Crippen LogP contribution in [0.3, 0.4) is 0 Å². The highest BCUT2D eigenvalue weighted by atomic mass is 32.1. The summed E-state index contributed by atoms with van der Waals surface area (Å²) in [5.74, 6) is 0.339. The minimum absolute atomic E-state index is 0.0310. The fourth-order valence-electron chi connectivity index (χ4n) is 6.26. The van der Waals surface area contributed by atoms with E-state index in [1.165, 1.54) is 25.3 Å². The standard InChI is InChI=1S/C27H29FN5OPS.C9H20O/c1-4-14(3)20(22-15(10-29)26(30)36-25(22)19(28)5-2)21-18-13-34-12-17(18)16-11-31-27(32-23(16)24(21)35)33-8-6-7-9-33;1-3-5-6-8-9(10)7-4-2/h5,11H,4,6-9,12-13,30,35H2,1-3H3;9-10H,3-8H2,1-2H3/b19-5+,20-14+;/t;9-/m.0/s1. The fraction of sp³-hybridized carbons (Fsp3) is 0.528. The van der Waals surface area contributed by atoms with Gasteiger partial charge in [0.05, 0.1) is 35.3 Å². The highest BCUT2D eigenvalue weighted by Gasteiger charge is 2.31. The van der Waals surface area contributed by atoms with Crippen LogP contribution in [0.2, 0.25) is 0 Å². The van der Waals surface area contributed by atoms with E-state index in [1.807, 2.05) is 13.1 Å². The number of hydrogen-bond acceptors (Lipinski definition) is 8. The Morgan fingerprint density at radius 3 is 2.52 bits per heavy atom. The van der Waals surface area contributed by atoms with Crippen molar-refractivity contribution in [1.82, 2.24) is 9.97 Å². The first-order chi connectivity index (χ1) is 22.2. The third-order valence-electron chi connectivity index (χ3n) is 8.91. The van der Waals surface area contributed by atoms with E-state index in [0.717, 1.165) is 113 Å². The van der Waals surface area contributed by atoms with Gasteiger partial charge in [-0.1, -0.05) is 58.1 Å². The zero-order valence-electron chi connectivity index (χ0n) is 28.0. The van der Waals surface area contributed by atoms with Gasteiger partial charge in [0, 0.05) is 35.5 Å². The Labute approximate surface area is 280 Å². The number of nitrogen functional groups attached to an aromatic ring is 1. The number of rotatable bonds is 11. The lowest BCUT2D eigenvalue weighted by Crippen LogP contribution is -2.21. The van der Waals surface area contributed by atoms with E-state index in [9.17, 15) is 10.4 Å². The number of nitrogens with two attached hydrogens (primary N) is 1. The SMILES string of the molecule is C/C=C(/F)c1sc(N)c(C#N)c1/C(=C(\C)CC)c1c2c(c3cnc(N4CCCC4)nc3c1P)COC2.CCCCC[C@@H](O)CCC. The number of unbranched alkanes of at least 4 members (excludes halogenated alkanes) is 2. The normalized spacial score (nSPS) is 15.8. The minimum atomic E-state index is -0.387. The van der Waals surface area contributed by atoms with Gasteiger partial charge in [-0.15, -0.1) is 20.6 Å². The van der Waals surface area contributed by atoms with Crippen LogP contribution in [0.15, 0.2) is 17.8 Å². The van der Waals surface area contributed by atoms with Crippen molar-refractivity contribution in [1.29, 1.82) is 5.26 Å². The van der Waals surface area contributed by atoms with Crippen LogP contribution < -0.4 is 15.9 Å². The molecule has 3 aromatic rings. The van der Waals surface area contributed by atoms with Gasteiger partial charge in [0.1, 0.15) is 16.9 Å². The predicted molar refractivity (Wildman–Crippen MR) is 194 cm³/mol. The maximum atomic E-state index is 15.2. The van der Waals surface area contributed by atoms with Gasteiger partial charge in [0.25, 0.3) is 0 Å². The van der Waals surface area contributed by atoms with Crippen molar-refractivity contribution in [3.63, 3.8) is 0 Å². The molecule has 0 aliphatic carbocycles. The van der Waals surface area contributed by atoms with Crippen LogP contribution >= 0.6 is 20.6 Å². The summed E-state index contributed by atoms with van der Waals surface area (Å²) in [6.07, 6.45) is 13.1. The quantitative estimate of drug-likeness (QED) is 0.156. The molecule has 0 saturated carbocycles. The summed E-state index contributed by atoms with van der Waals surface area (Å²) in [6, 6.07) is 2.25. The van der Waals surface area contributed by atoms with E-state index in [0.29, 0.717) is 34.2 Å². The van der Waals surface area contributed by atoms with Gasteiger partial charge < -0.3 is 20.5 Å². The van der Waals surface area contributed by atoms with Crippen LogP contribution in [0, 0.1) is 11.3 Å². The molecule has 7 nitrogen and oxygen atoms in total. The van der Waals surface area contributed by atoms with Crippen LogP contribution in [-0.2, 0) is 18.0 Å². The van der Waals surface area contributed by atoms with Gasteiger partial charge in [0.2, 0.25) is 5.95 Å². The van der Waals surface area contributed by atoms with E-state index in [-0.39, 0.29) is 11.9 Å². The van der Waals surface area contributed by atoms with Gasteiger partial charge in [-0.2, -0.15) is 5.26 Å². The molecule has 0 radical (unpaired) electrons. The molecule has 2 atom stereocenters. The first kappa shape index (κ1) is 36.0. The Hall–Kier alpha value is -2.89. The number of ether oxygens (including phenoxy) is 1. The first-order valence-corrected chi connectivity index (χ1v) is 18.1. The van der Waals surface area contributed by atoms with Crippen LogP contribution in [0.25, 0.3) is 22.3 Å². The van der Waals surface area contributed by atoms with Crippen LogP contribution in [0.4, 0.5) is 15.3 Å². The highest BCUT2D eigenvalue weighted by Crippen LogP contribution is 2.46. The maximum Gasteiger partial charge on any atom is 0.225 e. The lowest BCUT2D eigenvalue weighted by Gasteiger charge is -2.22. The van der Waals surface area contributed by atoms with E-state index >= 15 is 4.39 Å². The molecule has 1 saturated heterocycles. The van der Waals surface area contributed by atoms with Crippen molar-refractivity contribution in [2.75, 3.05) is 23.7 Å². The summed E-state index contributed by atoms with van der Waals surface area (Å²) in [6.45, 7) is 12.8. The fourth-order valence-corrected chi connectivity index (χ4v) is 7.79. The lowest BCUT2D eigenvalue weighted by atomic mass is 9.85. The molecule has 3 N–H and O–H groups in total. The zero-order chi connectivity index (χ0) is 33.4. The van der Waals surface area contributed by atoms with Gasteiger partial charge >= 0.3 is 0 Å². The molecule has 0 amide bonds. The maximum absolute atomic E-state index is 15.2. The van der Waals surface area contributed by atoms with Crippen molar-refractivity contribution in [2.24, 2.45) is 0 Å². The largest absolute Gasteiger partial charge is 0.393 e. The van der Waals surface area contributed by atoms with Gasteiger partial charge in [0.15, 0.2) is 0 Å². The number of aliphatic hydroxyl groups excluding tert-OH is 1. The van der Waals surface area contributed by atoms with E-state index in [1.54, 1.807) is 6.92 Å². The first-order valence-electron chi connectivity index (χ1n) is 16.7. The average Bonchev–Trinajstić information content (AvgIpc) is 3.83. The lowest BCUT2D eigenvalue weighted by molar-refractivity contribution is 0.135. The third-order valence-corrected chi connectivity index (χ3v) is 10.5. The van der Waals surface area contributed by atoms with Crippen molar-refractivity contribution >= 4 is 59.1 Å². The Kier molecular flexibility index (Phi) is 13.1. The average molecular weight is 666 g/mol. The van der Waals surface area contributed by atoms with Gasteiger partial charge in [-0.25, -0.2) is 14.4 Å². The number of benzene rings is 1. The number of thiophene rings is 1. The second-order valence-corrected chi connectivity index (χ2v) is 13.7. The summed E-state index contributed by atoms with van der Waals surface area (Å²) >= 11 is 1.12.